The van der Waals surface area contributed by atoms with E-state index in [1.54, 1.807) is 28.9 Å². The molecule has 1 saturated carbocycles. The lowest BCUT2D eigenvalue weighted by Crippen LogP contribution is -2.52. The molecule has 4 rings (SSSR count). The van der Waals surface area contributed by atoms with Crippen LogP contribution in [-0.2, 0) is 20.8 Å². The minimum absolute atomic E-state index is 0.0519. The van der Waals surface area contributed by atoms with Crippen molar-refractivity contribution < 1.29 is 37.4 Å². The van der Waals surface area contributed by atoms with Gasteiger partial charge in [0.05, 0.1) is 23.1 Å². The van der Waals surface area contributed by atoms with Crippen LogP contribution in [0.15, 0.2) is 29.6 Å². The molecular weight excluding hydrogens is 543 g/mol. The number of ether oxygens (including phenoxy) is 1. The summed E-state index contributed by atoms with van der Waals surface area (Å²) in [4.78, 5) is 42.4. The number of hydrazine groups is 1. The van der Waals surface area contributed by atoms with Crippen molar-refractivity contribution >= 4 is 17.8 Å². The second-order valence-corrected chi connectivity index (χ2v) is 11.4. The number of nitrogens with zero attached hydrogens (tertiary/aromatic N) is 3. The number of carbonyl (C=O) groups is 3. The summed E-state index contributed by atoms with van der Waals surface area (Å²) in [5.74, 6) is 3.52. The number of allylic oxidation sites excluding steroid dienone is 1. The molecule has 0 unspecified atom stereocenters. The summed E-state index contributed by atoms with van der Waals surface area (Å²) in [5, 5.41) is 10.5. The number of hydrogen-bond acceptors (Lipinski definition) is 7. The molecule has 0 bridgehead atoms. The van der Waals surface area contributed by atoms with E-state index in [2.05, 4.69) is 0 Å². The second-order valence-electron chi connectivity index (χ2n) is 11.4. The highest BCUT2D eigenvalue weighted by atomic mass is 19.4. The predicted octanol–water partition coefficient (Wildman–Crippen LogP) is 2.93. The number of carboxylic acid groups (broad SMARTS) is 1. The van der Waals surface area contributed by atoms with Crippen molar-refractivity contribution in [2.24, 2.45) is 22.9 Å². The van der Waals surface area contributed by atoms with Gasteiger partial charge in [0.2, 0.25) is 11.8 Å². The van der Waals surface area contributed by atoms with Gasteiger partial charge in [-0.25, -0.2) is 5.84 Å². The van der Waals surface area contributed by atoms with E-state index in [4.69, 9.17) is 16.3 Å². The van der Waals surface area contributed by atoms with Crippen LogP contribution in [0.1, 0.15) is 62.6 Å². The molecule has 0 radical (unpaired) electrons. The van der Waals surface area contributed by atoms with Gasteiger partial charge in [-0.2, -0.15) is 13.2 Å². The molecule has 0 spiro atoms. The summed E-state index contributed by atoms with van der Waals surface area (Å²) in [7, 11) is 1.03. The fourth-order valence-electron chi connectivity index (χ4n) is 6.44. The van der Waals surface area contributed by atoms with Crippen LogP contribution in [0.3, 0.4) is 0 Å². The summed E-state index contributed by atoms with van der Waals surface area (Å²) in [6.07, 6.45) is -1.03. The number of halogens is 3. The van der Waals surface area contributed by atoms with Gasteiger partial charge in [0.15, 0.2) is 5.70 Å². The van der Waals surface area contributed by atoms with Gasteiger partial charge in [-0.15, -0.1) is 0 Å². The highest BCUT2D eigenvalue weighted by Gasteiger charge is 2.50. The number of benzene rings is 1. The van der Waals surface area contributed by atoms with Crippen molar-refractivity contribution in [1.29, 1.82) is 0 Å². The van der Waals surface area contributed by atoms with E-state index in [1.165, 1.54) is 0 Å². The maximum Gasteiger partial charge on any atom is 0.434 e. The third-order valence-electron chi connectivity index (χ3n) is 8.64. The predicted molar refractivity (Wildman–Crippen MR) is 143 cm³/mol. The molecule has 2 amide bonds. The number of likely N-dealkylation sites (tertiary alicyclic amines) is 1. The maximum atomic E-state index is 14.1. The van der Waals surface area contributed by atoms with E-state index in [0.29, 0.717) is 62.2 Å². The number of hydrogen-bond donors (Lipinski definition) is 3. The third-order valence-corrected chi connectivity index (χ3v) is 8.64. The van der Waals surface area contributed by atoms with Crippen LogP contribution in [-0.4, -0.2) is 77.2 Å². The first kappa shape index (κ1) is 30.5. The van der Waals surface area contributed by atoms with Crippen molar-refractivity contribution in [3.8, 4) is 5.75 Å². The quantitative estimate of drug-likeness (QED) is 0.314. The lowest BCUT2D eigenvalue weighted by molar-refractivity contribution is -0.162. The molecule has 13 heteroatoms. The van der Waals surface area contributed by atoms with Crippen molar-refractivity contribution in [2.75, 3.05) is 33.3 Å². The average Bonchev–Trinajstić information content (AvgIpc) is 3.30. The summed E-state index contributed by atoms with van der Waals surface area (Å²) in [6.45, 7) is 1.99. The molecule has 1 aromatic rings. The van der Waals surface area contributed by atoms with Gasteiger partial charge in [0.25, 0.3) is 0 Å². The first-order chi connectivity index (χ1) is 19.3. The zero-order valence-electron chi connectivity index (χ0n) is 23.4. The number of rotatable bonds is 8. The molecule has 5 N–H and O–H groups in total. The molecule has 1 saturated heterocycles. The third kappa shape index (κ3) is 6.09. The molecule has 0 aromatic heterocycles. The monoisotopic (exact) mass is 581 g/mol. The van der Waals surface area contributed by atoms with Gasteiger partial charge in [0.1, 0.15) is 12.4 Å². The molecule has 41 heavy (non-hydrogen) atoms. The zero-order valence-corrected chi connectivity index (χ0v) is 23.4. The van der Waals surface area contributed by atoms with Crippen molar-refractivity contribution in [3.63, 3.8) is 0 Å². The van der Waals surface area contributed by atoms with Crippen LogP contribution in [0.2, 0.25) is 0 Å². The fraction of sp³-hybridized carbons (Fsp3) is 0.607. The molecule has 2 heterocycles. The lowest BCUT2D eigenvalue weighted by atomic mass is 9.66. The Morgan fingerprint density at radius 2 is 1.93 bits per heavy atom. The molecule has 3 aliphatic rings. The number of nitrogens with two attached hydrogens (primary N) is 2. The van der Waals surface area contributed by atoms with Crippen LogP contribution in [0.5, 0.6) is 5.75 Å². The number of aliphatic carboxylic acids is 1. The number of carboxylic acids is 1. The highest BCUT2D eigenvalue weighted by molar-refractivity contribution is 5.88. The van der Waals surface area contributed by atoms with Crippen LogP contribution in [0.25, 0.3) is 0 Å². The Hall–Kier alpha value is -3.48. The van der Waals surface area contributed by atoms with Gasteiger partial charge in [-0.1, -0.05) is 25.0 Å². The topological polar surface area (TPSA) is 142 Å². The standard InChI is InChI=1S/C28H38F3N5O5/c1-27(26(39)40)12-4-3-8-18(27)25(38)36-14-11-17-7-5-9-21(23(17)20(36)15-35-13-6-10-22(35)37)41-16-19(32)24(34(2)33)28(29,30)31/h5,7,9,18,20H,3-4,6,8,10-16,32-33H2,1-2H3,(H,39,40)/b24-19-/t18-,20+,27-/m0/s1. The van der Waals surface area contributed by atoms with E-state index in [0.717, 1.165) is 19.0 Å². The van der Waals surface area contributed by atoms with Crippen LogP contribution in [0.4, 0.5) is 13.2 Å². The summed E-state index contributed by atoms with van der Waals surface area (Å²) < 4.78 is 46.5. The largest absolute Gasteiger partial charge is 0.487 e. The Balaban J connectivity index is 1.72. The number of alkyl halides is 3. The van der Waals surface area contributed by atoms with Crippen LogP contribution < -0.4 is 16.3 Å². The van der Waals surface area contributed by atoms with Gasteiger partial charge in [-0.05, 0) is 44.2 Å². The Bertz CT molecular complexity index is 1220. The minimum atomic E-state index is -4.80. The second kappa shape index (κ2) is 11.8. The van der Waals surface area contributed by atoms with Crippen LogP contribution in [0, 0.1) is 11.3 Å². The molecule has 10 nitrogen and oxygen atoms in total. The first-order valence-corrected chi connectivity index (χ1v) is 13.9. The highest BCUT2D eigenvalue weighted by Crippen LogP contribution is 2.45. The maximum absolute atomic E-state index is 14.1. The summed E-state index contributed by atoms with van der Waals surface area (Å²) in [5.41, 5.74) is 4.14. The van der Waals surface area contributed by atoms with E-state index >= 15 is 0 Å². The molecule has 2 fully saturated rings. The van der Waals surface area contributed by atoms with Gasteiger partial charge >= 0.3 is 12.1 Å². The van der Waals surface area contributed by atoms with Gasteiger partial charge in [0, 0.05) is 38.7 Å². The van der Waals surface area contributed by atoms with Crippen molar-refractivity contribution in [2.45, 2.75) is 64.1 Å². The number of fused-ring (bicyclic) bond motifs is 1. The van der Waals surface area contributed by atoms with E-state index in [9.17, 15) is 32.7 Å². The normalized spacial score (nSPS) is 25.5. The molecule has 226 valence electrons. The van der Waals surface area contributed by atoms with E-state index in [-0.39, 0.29) is 24.1 Å². The SMILES string of the molecule is CN(N)/C(=C(\N)COc1cccc2c1[C@@H](CN1CCCC1=O)N(C(=O)[C@@H]1CCCC[C@]1(C)C(=O)O)CC2)C(F)(F)F. The Morgan fingerprint density at radius 3 is 2.54 bits per heavy atom. The molecular formula is C28H38F3N5O5. The van der Waals surface area contributed by atoms with Gasteiger partial charge in [-0.3, -0.25) is 14.4 Å². The smallest absolute Gasteiger partial charge is 0.434 e. The Kier molecular flexibility index (Phi) is 8.76. The Morgan fingerprint density at radius 1 is 1.20 bits per heavy atom. The number of amides is 2. The fourth-order valence-corrected chi connectivity index (χ4v) is 6.44. The summed E-state index contributed by atoms with van der Waals surface area (Å²) in [6, 6.07) is 4.50. The molecule has 1 aromatic carbocycles. The van der Waals surface area contributed by atoms with E-state index in [1.807, 2.05) is 6.07 Å². The van der Waals surface area contributed by atoms with E-state index < -0.39 is 47.5 Å². The summed E-state index contributed by atoms with van der Waals surface area (Å²) >= 11 is 0. The first-order valence-electron chi connectivity index (χ1n) is 13.9. The molecule has 3 atom stereocenters. The van der Waals surface area contributed by atoms with Crippen molar-refractivity contribution in [3.05, 3.63) is 40.7 Å². The average molecular weight is 582 g/mol. The number of carbonyl (C=O) groups excluding carboxylic acids is 2. The molecule has 2 aliphatic heterocycles. The molecule has 1 aliphatic carbocycles. The zero-order chi connectivity index (χ0) is 30.1. The minimum Gasteiger partial charge on any atom is -0.487 e. The van der Waals surface area contributed by atoms with Crippen molar-refractivity contribution in [1.82, 2.24) is 14.8 Å². The van der Waals surface area contributed by atoms with Crippen LogP contribution >= 0.6 is 0 Å². The lowest BCUT2D eigenvalue weighted by Gasteiger charge is -2.45. The van der Waals surface area contributed by atoms with Gasteiger partial charge < -0.3 is 30.4 Å². The Labute approximate surface area is 237 Å².